The van der Waals surface area contributed by atoms with E-state index in [4.69, 9.17) is 0 Å². The first-order valence-electron chi connectivity index (χ1n) is 4.93. The molecule has 0 amide bonds. The molecule has 5 nitrogen and oxygen atoms in total. The molecule has 2 aromatic rings. The van der Waals surface area contributed by atoms with Gasteiger partial charge in [0, 0.05) is 11.5 Å². The maximum absolute atomic E-state index is 12.2. The Morgan fingerprint density at radius 3 is 2.58 bits per heavy atom. The van der Waals surface area contributed by atoms with Crippen LogP contribution in [-0.2, 0) is 9.53 Å². The molecule has 0 spiro atoms. The average molecular weight is 273 g/mol. The van der Waals surface area contributed by atoms with Crippen molar-refractivity contribution in [2.75, 3.05) is 0 Å². The standard InChI is InChI=1S/C11H6F3NO4/c12-11(13,14)19-9-5-7-3-1-2-4-8(7)15(9)10(17)18-6-16/h1-6H. The van der Waals surface area contributed by atoms with E-state index >= 15 is 0 Å². The topological polar surface area (TPSA) is 57.5 Å². The van der Waals surface area contributed by atoms with Gasteiger partial charge in [0.2, 0.25) is 5.88 Å². The number of aromatic nitrogens is 1. The molecule has 0 aliphatic carbocycles. The number of alkyl halides is 3. The minimum absolute atomic E-state index is 0.133. The smallest absolute Gasteiger partial charge is 0.389 e. The molecule has 0 aliphatic rings. The molecule has 100 valence electrons. The summed E-state index contributed by atoms with van der Waals surface area (Å²) in [7, 11) is 0. The Balaban J connectivity index is 2.58. The molecule has 0 bridgehead atoms. The number of benzene rings is 1. The molecule has 1 aromatic heterocycles. The predicted molar refractivity (Wildman–Crippen MR) is 56.6 cm³/mol. The van der Waals surface area contributed by atoms with Crippen molar-refractivity contribution >= 4 is 23.5 Å². The van der Waals surface area contributed by atoms with Crippen LogP contribution in [0.25, 0.3) is 10.9 Å². The van der Waals surface area contributed by atoms with Crippen LogP contribution >= 0.6 is 0 Å². The lowest BCUT2D eigenvalue weighted by Crippen LogP contribution is -2.22. The van der Waals surface area contributed by atoms with Crippen LogP contribution < -0.4 is 4.74 Å². The molecule has 1 aromatic carbocycles. The van der Waals surface area contributed by atoms with Gasteiger partial charge >= 0.3 is 18.9 Å². The molecule has 8 heteroatoms. The van der Waals surface area contributed by atoms with Crippen LogP contribution in [0.4, 0.5) is 18.0 Å². The molecule has 19 heavy (non-hydrogen) atoms. The lowest BCUT2D eigenvalue weighted by molar-refractivity contribution is -0.276. The van der Waals surface area contributed by atoms with Crippen LogP contribution in [-0.4, -0.2) is 23.5 Å². The molecule has 0 fully saturated rings. The zero-order valence-corrected chi connectivity index (χ0v) is 9.18. The van der Waals surface area contributed by atoms with Gasteiger partial charge in [0.15, 0.2) is 0 Å². The molecule has 0 saturated heterocycles. The highest BCUT2D eigenvalue weighted by Crippen LogP contribution is 2.30. The number of carbonyl (C=O) groups is 2. The molecule has 2 rings (SSSR count). The van der Waals surface area contributed by atoms with Gasteiger partial charge in [-0.2, -0.15) is 0 Å². The Morgan fingerprint density at radius 2 is 1.95 bits per heavy atom. The van der Waals surface area contributed by atoms with E-state index < -0.39 is 18.3 Å². The molecule has 1 heterocycles. The van der Waals surface area contributed by atoms with Crippen molar-refractivity contribution in [2.45, 2.75) is 6.36 Å². The highest BCUT2D eigenvalue weighted by Gasteiger charge is 2.34. The number of ether oxygens (including phenoxy) is 2. The van der Waals surface area contributed by atoms with Crippen molar-refractivity contribution in [1.29, 1.82) is 0 Å². The zero-order chi connectivity index (χ0) is 14.0. The van der Waals surface area contributed by atoms with Gasteiger partial charge in [-0.1, -0.05) is 18.2 Å². The summed E-state index contributed by atoms with van der Waals surface area (Å²) in [5.41, 5.74) is 0.133. The molecule has 0 atom stereocenters. The second-order valence-electron chi connectivity index (χ2n) is 3.40. The van der Waals surface area contributed by atoms with Gasteiger partial charge in [-0.05, 0) is 6.07 Å². The third kappa shape index (κ3) is 2.67. The fraction of sp³-hybridized carbons (Fsp3) is 0.0909. The van der Waals surface area contributed by atoms with E-state index in [1.165, 1.54) is 18.2 Å². The zero-order valence-electron chi connectivity index (χ0n) is 9.18. The number of hydrogen-bond acceptors (Lipinski definition) is 4. The van der Waals surface area contributed by atoms with Crippen LogP contribution in [0.3, 0.4) is 0 Å². The van der Waals surface area contributed by atoms with E-state index in [1.807, 2.05) is 0 Å². The SMILES string of the molecule is O=COC(=O)n1c(OC(F)(F)F)cc2ccccc21. The van der Waals surface area contributed by atoms with Gasteiger partial charge in [-0.25, -0.2) is 9.36 Å². The van der Waals surface area contributed by atoms with Crippen LogP contribution in [0.5, 0.6) is 5.88 Å². The van der Waals surface area contributed by atoms with Gasteiger partial charge in [0.1, 0.15) is 0 Å². The summed E-state index contributed by atoms with van der Waals surface area (Å²) in [6, 6.07) is 7.00. The first-order valence-corrected chi connectivity index (χ1v) is 4.93. The second-order valence-corrected chi connectivity index (χ2v) is 3.40. The monoisotopic (exact) mass is 273 g/mol. The number of nitrogens with zero attached hydrogens (tertiary/aromatic N) is 1. The van der Waals surface area contributed by atoms with E-state index in [0.717, 1.165) is 6.07 Å². The fourth-order valence-electron chi connectivity index (χ4n) is 1.61. The third-order valence-electron chi connectivity index (χ3n) is 2.23. The summed E-state index contributed by atoms with van der Waals surface area (Å²) in [5, 5.41) is 0.338. The highest BCUT2D eigenvalue weighted by molar-refractivity contribution is 5.93. The minimum atomic E-state index is -4.96. The lowest BCUT2D eigenvalue weighted by Gasteiger charge is -2.10. The van der Waals surface area contributed by atoms with Crippen molar-refractivity contribution in [3.05, 3.63) is 30.3 Å². The van der Waals surface area contributed by atoms with E-state index in [-0.39, 0.29) is 12.0 Å². The summed E-state index contributed by atoms with van der Waals surface area (Å²) < 4.78 is 45.0. The maximum Gasteiger partial charge on any atom is 0.574 e. The fourth-order valence-corrected chi connectivity index (χ4v) is 1.61. The Labute approximate surface area is 104 Å². The van der Waals surface area contributed by atoms with Gasteiger partial charge in [-0.15, -0.1) is 13.2 Å². The first kappa shape index (κ1) is 12.9. The summed E-state index contributed by atoms with van der Waals surface area (Å²) in [6.07, 6.45) is -6.25. The van der Waals surface area contributed by atoms with Gasteiger partial charge in [0.25, 0.3) is 0 Å². The molecule has 0 saturated carbocycles. The van der Waals surface area contributed by atoms with Crippen molar-refractivity contribution in [3.63, 3.8) is 0 Å². The number of fused-ring (bicyclic) bond motifs is 1. The maximum atomic E-state index is 12.2. The second kappa shape index (κ2) is 4.63. The molecule has 0 aliphatic heterocycles. The number of para-hydroxylation sites is 1. The van der Waals surface area contributed by atoms with Gasteiger partial charge in [-0.3, -0.25) is 4.79 Å². The van der Waals surface area contributed by atoms with Gasteiger partial charge in [0.05, 0.1) is 5.52 Å². The Morgan fingerprint density at radius 1 is 1.26 bits per heavy atom. The Bertz CT molecular complexity index is 632. The summed E-state index contributed by atoms with van der Waals surface area (Å²) in [4.78, 5) is 21.6. The number of carbonyl (C=O) groups excluding carboxylic acids is 2. The number of halogens is 3. The van der Waals surface area contributed by atoms with Crippen LogP contribution in [0.2, 0.25) is 0 Å². The average Bonchev–Trinajstić information content (AvgIpc) is 2.64. The van der Waals surface area contributed by atoms with Crippen molar-refractivity contribution < 1.29 is 32.2 Å². The van der Waals surface area contributed by atoms with E-state index in [0.29, 0.717) is 9.95 Å². The van der Waals surface area contributed by atoms with Crippen LogP contribution in [0.15, 0.2) is 30.3 Å². The largest absolute Gasteiger partial charge is 0.574 e. The highest BCUT2D eigenvalue weighted by atomic mass is 19.4. The van der Waals surface area contributed by atoms with Crippen LogP contribution in [0, 0.1) is 0 Å². The normalized spacial score (nSPS) is 11.3. The molecule has 0 radical (unpaired) electrons. The van der Waals surface area contributed by atoms with Crippen LogP contribution in [0.1, 0.15) is 0 Å². The number of hydrogen-bond donors (Lipinski definition) is 0. The van der Waals surface area contributed by atoms with Crippen molar-refractivity contribution in [2.24, 2.45) is 0 Å². The minimum Gasteiger partial charge on any atom is -0.389 e. The molecular weight excluding hydrogens is 267 g/mol. The number of rotatable bonds is 2. The molecular formula is C11H6F3NO4. The summed E-state index contributed by atoms with van der Waals surface area (Å²) in [6.45, 7) is -0.172. The van der Waals surface area contributed by atoms with Crippen molar-refractivity contribution in [1.82, 2.24) is 4.57 Å². The van der Waals surface area contributed by atoms with Crippen molar-refractivity contribution in [3.8, 4) is 5.88 Å². The quantitative estimate of drug-likeness (QED) is 0.623. The Kier molecular flexibility index (Phi) is 3.16. The van der Waals surface area contributed by atoms with E-state index in [2.05, 4.69) is 9.47 Å². The summed E-state index contributed by atoms with van der Waals surface area (Å²) in [5.74, 6) is -0.777. The Hall–Kier alpha value is -2.51. The first-order chi connectivity index (χ1) is 8.92. The predicted octanol–water partition coefficient (Wildman–Crippen LogP) is 2.68. The molecule has 0 unspecified atom stereocenters. The third-order valence-corrected chi connectivity index (χ3v) is 2.23. The van der Waals surface area contributed by atoms with E-state index in [9.17, 15) is 22.8 Å². The summed E-state index contributed by atoms with van der Waals surface area (Å²) >= 11 is 0. The van der Waals surface area contributed by atoms with Gasteiger partial charge < -0.3 is 9.47 Å². The van der Waals surface area contributed by atoms with E-state index in [1.54, 1.807) is 6.07 Å². The molecule has 0 N–H and O–H groups in total. The lowest BCUT2D eigenvalue weighted by atomic mass is 10.2.